The number of ether oxygens (including phenoxy) is 1. The third-order valence-electron chi connectivity index (χ3n) is 6.99. The maximum atomic E-state index is 12.1. The van der Waals surface area contributed by atoms with Crippen LogP contribution in [0.1, 0.15) is 61.7 Å². The number of nitrogens with zero attached hydrogens (tertiary/aromatic N) is 2. The molecule has 1 saturated carbocycles. The Morgan fingerprint density at radius 2 is 1.60 bits per heavy atom. The van der Waals surface area contributed by atoms with Gasteiger partial charge in [0.2, 0.25) is 0 Å². The van der Waals surface area contributed by atoms with Crippen molar-refractivity contribution in [3.05, 3.63) is 29.8 Å². The minimum atomic E-state index is -0.0258. The molecule has 1 N–H and O–H groups in total. The van der Waals surface area contributed by atoms with Crippen LogP contribution in [0.5, 0.6) is 0 Å². The van der Waals surface area contributed by atoms with E-state index in [2.05, 4.69) is 27.2 Å². The van der Waals surface area contributed by atoms with Crippen molar-refractivity contribution in [3.63, 3.8) is 0 Å². The second-order valence-corrected chi connectivity index (χ2v) is 9.37. The highest BCUT2D eigenvalue weighted by Crippen LogP contribution is 2.29. The smallest absolute Gasteiger partial charge is 0.251 e. The number of carbonyl (C=O) groups is 1. The molecule has 1 aliphatic carbocycles. The molecular weight excluding hydrogens is 398 g/mol. The molecule has 2 heterocycles. The fourth-order valence-electron chi connectivity index (χ4n) is 4.85. The Kier molecular flexibility index (Phi) is 7.91. The van der Waals surface area contributed by atoms with E-state index in [1.807, 2.05) is 12.1 Å². The number of rotatable bonds is 8. The lowest BCUT2D eigenvalue weighted by molar-refractivity contribution is -0.0598. The van der Waals surface area contributed by atoms with Crippen LogP contribution in [0.4, 0.5) is 5.69 Å². The molecule has 4 rings (SSSR count). The van der Waals surface area contributed by atoms with Crippen LogP contribution in [0.15, 0.2) is 24.3 Å². The van der Waals surface area contributed by atoms with Crippen molar-refractivity contribution in [1.29, 1.82) is 0 Å². The molecule has 30 heavy (non-hydrogen) atoms. The van der Waals surface area contributed by atoms with Crippen LogP contribution in [0.2, 0.25) is 0 Å². The van der Waals surface area contributed by atoms with Crippen LogP contribution < -0.4 is 10.2 Å². The molecule has 2 aliphatic heterocycles. The number of alkyl halides is 1. The first-order chi connectivity index (χ1) is 14.7. The fraction of sp³-hybridized carbons (Fsp3) is 0.708. The lowest BCUT2D eigenvalue weighted by atomic mass is 9.89. The van der Waals surface area contributed by atoms with Crippen molar-refractivity contribution in [3.8, 4) is 0 Å². The van der Waals surface area contributed by atoms with Gasteiger partial charge >= 0.3 is 0 Å². The number of piperidine rings is 2. The zero-order chi connectivity index (χ0) is 20.8. The largest absolute Gasteiger partial charge is 0.375 e. The highest BCUT2D eigenvalue weighted by atomic mass is 35.5. The minimum absolute atomic E-state index is 0.0258. The molecule has 1 aromatic rings. The highest BCUT2D eigenvalue weighted by molar-refractivity contribution is 6.17. The number of halogens is 1. The molecule has 3 aliphatic rings. The first-order valence-corrected chi connectivity index (χ1v) is 12.3. The van der Waals surface area contributed by atoms with Crippen LogP contribution in [0, 0.1) is 0 Å². The number of hydrogen-bond donors (Lipinski definition) is 1. The van der Waals surface area contributed by atoms with Gasteiger partial charge in [-0.15, -0.1) is 11.6 Å². The summed E-state index contributed by atoms with van der Waals surface area (Å²) >= 11 is 5.66. The second-order valence-electron chi connectivity index (χ2n) is 8.99. The lowest BCUT2D eigenvalue weighted by Crippen LogP contribution is -2.47. The van der Waals surface area contributed by atoms with E-state index in [1.54, 1.807) is 0 Å². The van der Waals surface area contributed by atoms with E-state index < -0.39 is 0 Å². The molecule has 0 radical (unpaired) electrons. The van der Waals surface area contributed by atoms with E-state index in [1.165, 1.54) is 50.9 Å². The Balaban J connectivity index is 1.17. The summed E-state index contributed by atoms with van der Waals surface area (Å²) in [6, 6.07) is 8.84. The first-order valence-electron chi connectivity index (χ1n) is 11.8. The molecule has 0 aromatic heterocycles. The topological polar surface area (TPSA) is 44.8 Å². The second kappa shape index (κ2) is 10.8. The van der Waals surface area contributed by atoms with Crippen molar-refractivity contribution in [2.75, 3.05) is 43.5 Å². The van der Waals surface area contributed by atoms with Crippen molar-refractivity contribution in [2.45, 2.75) is 69.6 Å². The Morgan fingerprint density at radius 3 is 2.17 bits per heavy atom. The Bertz CT molecular complexity index is 664. The van der Waals surface area contributed by atoms with E-state index >= 15 is 0 Å². The molecule has 5 nitrogen and oxygen atoms in total. The molecule has 0 unspecified atom stereocenters. The van der Waals surface area contributed by atoms with Crippen molar-refractivity contribution in [2.24, 2.45) is 0 Å². The van der Waals surface area contributed by atoms with E-state index in [-0.39, 0.29) is 5.91 Å². The zero-order valence-corrected chi connectivity index (χ0v) is 18.8. The van der Waals surface area contributed by atoms with Gasteiger partial charge < -0.3 is 19.9 Å². The fourth-order valence-corrected chi connectivity index (χ4v) is 4.98. The predicted molar refractivity (Wildman–Crippen MR) is 123 cm³/mol. The summed E-state index contributed by atoms with van der Waals surface area (Å²) in [5, 5.41) is 2.90. The van der Waals surface area contributed by atoms with Crippen LogP contribution in [0.25, 0.3) is 0 Å². The van der Waals surface area contributed by atoms with Gasteiger partial charge in [-0.2, -0.15) is 0 Å². The molecule has 1 aromatic carbocycles. The maximum absolute atomic E-state index is 12.1. The quantitative estimate of drug-likeness (QED) is 0.496. The lowest BCUT2D eigenvalue weighted by Gasteiger charge is -2.43. The summed E-state index contributed by atoms with van der Waals surface area (Å²) in [6.07, 6.45) is 10.4. The highest BCUT2D eigenvalue weighted by Gasteiger charge is 2.30. The zero-order valence-electron chi connectivity index (χ0n) is 18.0. The van der Waals surface area contributed by atoms with E-state index in [0.717, 1.165) is 38.4 Å². The first kappa shape index (κ1) is 21.9. The summed E-state index contributed by atoms with van der Waals surface area (Å²) < 4.78 is 6.48. The summed E-state index contributed by atoms with van der Waals surface area (Å²) in [7, 11) is 0. The van der Waals surface area contributed by atoms with E-state index in [4.69, 9.17) is 16.3 Å². The number of hydrogen-bond acceptors (Lipinski definition) is 4. The number of nitrogens with one attached hydrogen (secondary N) is 1. The van der Waals surface area contributed by atoms with Gasteiger partial charge in [0, 0.05) is 55.9 Å². The van der Waals surface area contributed by atoms with Crippen LogP contribution in [0.3, 0.4) is 0 Å². The molecule has 1 amide bonds. The minimum Gasteiger partial charge on any atom is -0.375 e. The summed E-state index contributed by atoms with van der Waals surface area (Å²) in [5.74, 6) is 0.542. The average molecular weight is 434 g/mol. The number of benzene rings is 1. The van der Waals surface area contributed by atoms with Crippen molar-refractivity contribution >= 4 is 23.2 Å². The molecular formula is C24H36ClN3O2. The van der Waals surface area contributed by atoms with E-state index in [0.29, 0.717) is 30.2 Å². The van der Waals surface area contributed by atoms with Gasteiger partial charge in [0.15, 0.2) is 0 Å². The molecule has 0 bridgehead atoms. The maximum Gasteiger partial charge on any atom is 0.251 e. The van der Waals surface area contributed by atoms with Crippen LogP contribution in [-0.2, 0) is 4.74 Å². The van der Waals surface area contributed by atoms with Gasteiger partial charge in [-0.25, -0.2) is 0 Å². The molecule has 2 saturated heterocycles. The van der Waals surface area contributed by atoms with Crippen LogP contribution >= 0.6 is 11.6 Å². The number of amides is 1. The third-order valence-corrected chi connectivity index (χ3v) is 7.25. The van der Waals surface area contributed by atoms with E-state index in [9.17, 15) is 4.79 Å². The summed E-state index contributed by atoms with van der Waals surface area (Å²) in [6.45, 7) is 5.11. The number of carbonyl (C=O) groups excluding carboxylic acids is 1. The predicted octanol–water partition coefficient (Wildman–Crippen LogP) is 4.05. The monoisotopic (exact) mass is 433 g/mol. The summed E-state index contributed by atoms with van der Waals surface area (Å²) in [4.78, 5) is 17.2. The SMILES string of the molecule is O=C(NCCCCl)c1ccc(N2CCC(OC3CCN(C4CCC4)CC3)CC2)cc1. The van der Waals surface area contributed by atoms with Crippen LogP contribution in [-0.4, -0.2) is 67.7 Å². The molecule has 0 atom stereocenters. The van der Waals surface area contributed by atoms with Gasteiger partial charge in [-0.1, -0.05) is 6.42 Å². The van der Waals surface area contributed by atoms with Gasteiger partial charge in [0.05, 0.1) is 12.2 Å². The molecule has 3 fully saturated rings. The molecule has 166 valence electrons. The Morgan fingerprint density at radius 1 is 0.967 bits per heavy atom. The van der Waals surface area contributed by atoms with Gasteiger partial charge in [-0.3, -0.25) is 4.79 Å². The van der Waals surface area contributed by atoms with Crippen molar-refractivity contribution < 1.29 is 9.53 Å². The normalized spacial score (nSPS) is 22.1. The Labute approximate surface area is 186 Å². The van der Waals surface area contributed by atoms with Gasteiger partial charge in [0.25, 0.3) is 5.91 Å². The van der Waals surface area contributed by atoms with Crippen molar-refractivity contribution in [1.82, 2.24) is 10.2 Å². The summed E-state index contributed by atoms with van der Waals surface area (Å²) in [5.41, 5.74) is 1.90. The number of likely N-dealkylation sites (tertiary alicyclic amines) is 1. The Hall–Kier alpha value is -1.30. The third kappa shape index (κ3) is 5.68. The van der Waals surface area contributed by atoms with Gasteiger partial charge in [0.1, 0.15) is 0 Å². The molecule has 6 heteroatoms. The van der Waals surface area contributed by atoms with Gasteiger partial charge in [-0.05, 0) is 69.2 Å². The standard InChI is InChI=1S/C24H36ClN3O2/c25-13-2-14-26-24(29)19-5-7-21(8-6-19)28-17-11-23(12-18-28)30-22-9-15-27(16-10-22)20-3-1-4-20/h5-8,20,22-23H,1-4,9-18H2,(H,26,29). The molecule has 0 spiro atoms. The number of anilines is 1. The average Bonchev–Trinajstić information content (AvgIpc) is 2.75.